The van der Waals surface area contributed by atoms with Crippen molar-refractivity contribution in [1.82, 2.24) is 4.90 Å². The van der Waals surface area contributed by atoms with Crippen molar-refractivity contribution in [2.24, 2.45) is 0 Å². The van der Waals surface area contributed by atoms with Crippen LogP contribution >= 0.6 is 0 Å². The highest BCUT2D eigenvalue weighted by molar-refractivity contribution is 5.94. The predicted octanol–water partition coefficient (Wildman–Crippen LogP) is 2.60. The van der Waals surface area contributed by atoms with E-state index in [2.05, 4.69) is 0 Å². The molecule has 1 aromatic heterocycles. The van der Waals surface area contributed by atoms with Crippen LogP contribution in [0.5, 0.6) is 5.75 Å². The first-order valence-corrected chi connectivity index (χ1v) is 8.53. The fourth-order valence-electron chi connectivity index (χ4n) is 2.93. The highest BCUT2D eigenvalue weighted by Crippen LogP contribution is 2.31. The van der Waals surface area contributed by atoms with Gasteiger partial charge in [-0.25, -0.2) is 4.79 Å². The maximum atomic E-state index is 12.1. The van der Waals surface area contributed by atoms with E-state index in [9.17, 15) is 14.7 Å². The van der Waals surface area contributed by atoms with Gasteiger partial charge in [0.05, 0.1) is 6.61 Å². The van der Waals surface area contributed by atoms with E-state index in [1.165, 1.54) is 11.0 Å². The SMILES string of the molecule is Cc1ccccc1-c1cc(=O)oc2cc(OC(CO)C(=O)N(C)C)ccc12. The zero-order chi connectivity index (χ0) is 19.6. The minimum Gasteiger partial charge on any atom is -0.478 e. The normalized spacial score (nSPS) is 12.0. The fraction of sp³-hybridized carbons (Fsp3) is 0.238. The molecule has 1 amide bonds. The van der Waals surface area contributed by atoms with Gasteiger partial charge in [-0.15, -0.1) is 0 Å². The number of ether oxygens (including phenoxy) is 1. The van der Waals surface area contributed by atoms with E-state index in [0.29, 0.717) is 11.3 Å². The van der Waals surface area contributed by atoms with Gasteiger partial charge in [-0.05, 0) is 30.2 Å². The molecule has 1 heterocycles. The molecule has 0 bridgehead atoms. The van der Waals surface area contributed by atoms with Crippen molar-refractivity contribution in [1.29, 1.82) is 0 Å². The van der Waals surface area contributed by atoms with E-state index >= 15 is 0 Å². The lowest BCUT2D eigenvalue weighted by Crippen LogP contribution is -2.40. The zero-order valence-electron chi connectivity index (χ0n) is 15.4. The number of carbonyl (C=O) groups is 1. The van der Waals surface area contributed by atoms with Gasteiger partial charge in [-0.3, -0.25) is 4.79 Å². The van der Waals surface area contributed by atoms with E-state index in [4.69, 9.17) is 9.15 Å². The van der Waals surface area contributed by atoms with Crippen LogP contribution in [0.25, 0.3) is 22.1 Å². The van der Waals surface area contributed by atoms with Crippen LogP contribution < -0.4 is 10.4 Å². The lowest BCUT2D eigenvalue weighted by atomic mass is 9.98. The van der Waals surface area contributed by atoms with Crippen molar-refractivity contribution in [2.45, 2.75) is 13.0 Å². The average molecular weight is 367 g/mol. The third kappa shape index (κ3) is 3.85. The Hall–Kier alpha value is -3.12. The van der Waals surface area contributed by atoms with Crippen LogP contribution in [0.3, 0.4) is 0 Å². The lowest BCUT2D eigenvalue weighted by molar-refractivity contribution is -0.137. The number of carbonyl (C=O) groups excluding carboxylic acids is 1. The van der Waals surface area contributed by atoms with Gasteiger partial charge in [0.15, 0.2) is 6.10 Å². The highest BCUT2D eigenvalue weighted by atomic mass is 16.5. The summed E-state index contributed by atoms with van der Waals surface area (Å²) in [5, 5.41) is 10.2. The Morgan fingerprint density at radius 1 is 1.15 bits per heavy atom. The number of amides is 1. The van der Waals surface area contributed by atoms with Gasteiger partial charge in [0.1, 0.15) is 11.3 Å². The first-order chi connectivity index (χ1) is 12.9. The van der Waals surface area contributed by atoms with Gasteiger partial charge in [0.2, 0.25) is 0 Å². The van der Waals surface area contributed by atoms with Crippen LogP contribution in [0, 0.1) is 6.92 Å². The number of nitrogens with zero attached hydrogens (tertiary/aromatic N) is 1. The van der Waals surface area contributed by atoms with Crippen LogP contribution in [0.2, 0.25) is 0 Å². The molecule has 3 rings (SSSR count). The summed E-state index contributed by atoms with van der Waals surface area (Å²) in [6, 6.07) is 14.3. The third-order valence-electron chi connectivity index (χ3n) is 4.31. The maximum absolute atomic E-state index is 12.1. The number of aryl methyl sites for hydroxylation is 1. The molecule has 0 spiro atoms. The Morgan fingerprint density at radius 2 is 1.89 bits per heavy atom. The second-order valence-corrected chi connectivity index (χ2v) is 6.47. The molecule has 0 fully saturated rings. The van der Waals surface area contributed by atoms with Crippen molar-refractivity contribution in [3.8, 4) is 16.9 Å². The summed E-state index contributed by atoms with van der Waals surface area (Å²) >= 11 is 0. The Bertz CT molecular complexity index is 1040. The lowest BCUT2D eigenvalue weighted by Gasteiger charge is -2.20. The van der Waals surface area contributed by atoms with Crippen molar-refractivity contribution < 1.29 is 19.1 Å². The molecule has 0 aliphatic rings. The van der Waals surface area contributed by atoms with Crippen LogP contribution in [-0.4, -0.2) is 42.7 Å². The Kier molecular flexibility index (Phi) is 5.28. The maximum Gasteiger partial charge on any atom is 0.336 e. The van der Waals surface area contributed by atoms with Crippen molar-refractivity contribution >= 4 is 16.9 Å². The quantitative estimate of drug-likeness (QED) is 0.701. The second-order valence-electron chi connectivity index (χ2n) is 6.47. The highest BCUT2D eigenvalue weighted by Gasteiger charge is 2.21. The topological polar surface area (TPSA) is 80.0 Å². The van der Waals surface area contributed by atoms with Crippen molar-refractivity contribution in [3.63, 3.8) is 0 Å². The summed E-state index contributed by atoms with van der Waals surface area (Å²) in [4.78, 5) is 25.5. The number of aliphatic hydroxyl groups is 1. The number of fused-ring (bicyclic) bond motifs is 1. The van der Waals surface area contributed by atoms with Crippen LogP contribution in [-0.2, 0) is 4.79 Å². The largest absolute Gasteiger partial charge is 0.478 e. The standard InChI is InChI=1S/C21H21NO5/c1-13-6-4-5-7-15(13)17-11-20(24)27-18-10-14(8-9-16(17)18)26-19(12-23)21(25)22(2)3/h4-11,19,23H,12H2,1-3H3. The Balaban J connectivity index is 2.05. The number of aliphatic hydroxyl groups excluding tert-OH is 1. The Morgan fingerprint density at radius 3 is 2.56 bits per heavy atom. The molecule has 3 aromatic rings. The minimum absolute atomic E-state index is 0.335. The van der Waals surface area contributed by atoms with Gasteiger partial charge in [-0.2, -0.15) is 0 Å². The van der Waals surface area contributed by atoms with Crippen LogP contribution in [0.15, 0.2) is 57.7 Å². The van der Waals surface area contributed by atoms with Gasteiger partial charge in [-0.1, -0.05) is 24.3 Å². The molecule has 6 heteroatoms. The monoisotopic (exact) mass is 367 g/mol. The number of rotatable bonds is 5. The first-order valence-electron chi connectivity index (χ1n) is 8.53. The molecule has 0 aliphatic heterocycles. The van der Waals surface area contributed by atoms with Crippen molar-refractivity contribution in [2.75, 3.05) is 20.7 Å². The van der Waals surface area contributed by atoms with Gasteiger partial charge in [0.25, 0.3) is 5.91 Å². The molecule has 1 atom stereocenters. The second kappa shape index (κ2) is 7.63. The van der Waals surface area contributed by atoms with E-state index in [0.717, 1.165) is 22.1 Å². The summed E-state index contributed by atoms with van der Waals surface area (Å²) < 4.78 is 10.9. The summed E-state index contributed by atoms with van der Waals surface area (Å²) in [5.74, 6) is -0.0189. The smallest absolute Gasteiger partial charge is 0.336 e. The molecule has 0 aliphatic carbocycles. The molecule has 0 radical (unpaired) electrons. The molecule has 0 saturated heterocycles. The number of hydrogen-bond donors (Lipinski definition) is 1. The van der Waals surface area contributed by atoms with Crippen molar-refractivity contribution in [3.05, 3.63) is 64.5 Å². The molecule has 2 aromatic carbocycles. The van der Waals surface area contributed by atoms with E-state index in [-0.39, 0.29) is 5.91 Å². The minimum atomic E-state index is -1.02. The van der Waals surface area contributed by atoms with E-state index < -0.39 is 18.3 Å². The predicted molar refractivity (Wildman–Crippen MR) is 103 cm³/mol. The molecule has 140 valence electrons. The third-order valence-corrected chi connectivity index (χ3v) is 4.31. The molecule has 1 N–H and O–H groups in total. The molecular weight excluding hydrogens is 346 g/mol. The molecule has 0 saturated carbocycles. The number of benzene rings is 2. The van der Waals surface area contributed by atoms with E-state index in [1.54, 1.807) is 32.3 Å². The number of likely N-dealkylation sites (N-methyl/N-ethyl adjacent to an activating group) is 1. The van der Waals surface area contributed by atoms with Crippen LogP contribution in [0.4, 0.5) is 0 Å². The van der Waals surface area contributed by atoms with E-state index in [1.807, 2.05) is 31.2 Å². The van der Waals surface area contributed by atoms with Crippen LogP contribution in [0.1, 0.15) is 5.56 Å². The zero-order valence-corrected chi connectivity index (χ0v) is 15.4. The molecule has 6 nitrogen and oxygen atoms in total. The fourth-order valence-corrected chi connectivity index (χ4v) is 2.93. The Labute approximate surface area is 156 Å². The molecular formula is C21H21NO5. The van der Waals surface area contributed by atoms with Gasteiger partial charge in [0, 0.05) is 37.2 Å². The summed E-state index contributed by atoms with van der Waals surface area (Å²) in [6.45, 7) is 1.52. The van der Waals surface area contributed by atoms with Gasteiger partial charge < -0.3 is 19.2 Å². The first kappa shape index (κ1) is 18.7. The average Bonchev–Trinajstić information content (AvgIpc) is 2.65. The summed E-state index contributed by atoms with van der Waals surface area (Å²) in [7, 11) is 3.17. The summed E-state index contributed by atoms with van der Waals surface area (Å²) in [5.41, 5.74) is 2.64. The molecule has 27 heavy (non-hydrogen) atoms. The number of hydrogen-bond acceptors (Lipinski definition) is 5. The summed E-state index contributed by atoms with van der Waals surface area (Å²) in [6.07, 6.45) is -1.02. The van der Waals surface area contributed by atoms with Gasteiger partial charge >= 0.3 is 5.63 Å². The molecule has 1 unspecified atom stereocenters.